The molecule has 0 aromatic heterocycles. The van der Waals surface area contributed by atoms with E-state index in [1.807, 2.05) is 0 Å². The van der Waals surface area contributed by atoms with Gasteiger partial charge in [0.1, 0.15) is 30.2 Å². The molecule has 15 nitrogen and oxygen atoms in total. The Hall–Kier alpha value is -3.59. The van der Waals surface area contributed by atoms with Gasteiger partial charge in [0, 0.05) is 13.8 Å². The van der Waals surface area contributed by atoms with Crippen molar-refractivity contribution < 1.29 is 38.3 Å². The number of esters is 2. The molecule has 9 N–H and O–H groups in total. The third-order valence-electron chi connectivity index (χ3n) is 5.66. The molecule has 0 aliphatic heterocycles. The molecule has 0 radical (unpaired) electrons. The monoisotopic (exact) mass is 571 g/mol. The summed E-state index contributed by atoms with van der Waals surface area (Å²) in [5.74, 6) is -4.93. The zero-order chi connectivity index (χ0) is 30.8. The highest BCUT2D eigenvalue weighted by Gasteiger charge is 2.29. The van der Waals surface area contributed by atoms with Crippen LogP contribution in [0, 0.1) is 0 Å². The fourth-order valence-corrected chi connectivity index (χ4v) is 3.44. The number of carbonyl (C=O) groups is 7. The maximum absolute atomic E-state index is 12.6. The minimum Gasteiger partial charge on any atom is -0.390 e. The molecule has 0 rings (SSSR count). The van der Waals surface area contributed by atoms with Gasteiger partial charge in [-0.1, -0.05) is 0 Å². The number of hydrogen-bond donors (Lipinski definition) is 7. The van der Waals surface area contributed by atoms with Gasteiger partial charge in [0.15, 0.2) is 0 Å². The number of carbonyl (C=O) groups excluding carboxylic acids is 7. The van der Waals surface area contributed by atoms with E-state index in [4.69, 9.17) is 16.2 Å². The molecule has 0 saturated carbocycles. The maximum Gasteiger partial charge on any atom is 0.336 e. The standard InChI is InChI=1S/C25H45N7O8/c1-14(28-22(36)19(31-17(4)33)10-6-8-12-26)21(35)29-15(2)24(38)40-25(39)16(3)30-23(37)20(32-18(5)34)11-7-9-13-27/h14-16,19-20H,6-13,26-27H2,1-5H3,(H,28,36)(H,29,35)(H,30,37)(H,31,33)(H,32,34)/t14-,15-,16-,19+,20+/m1/s1. The first-order valence-electron chi connectivity index (χ1n) is 13.3. The zero-order valence-electron chi connectivity index (χ0n) is 24.0. The summed E-state index contributed by atoms with van der Waals surface area (Å²) in [5.41, 5.74) is 10.9. The van der Waals surface area contributed by atoms with Gasteiger partial charge in [-0.15, -0.1) is 0 Å². The van der Waals surface area contributed by atoms with Crippen molar-refractivity contribution in [3.05, 3.63) is 0 Å². The number of nitrogens with two attached hydrogens (primary N) is 2. The van der Waals surface area contributed by atoms with Gasteiger partial charge < -0.3 is 42.8 Å². The van der Waals surface area contributed by atoms with E-state index >= 15 is 0 Å². The van der Waals surface area contributed by atoms with Crippen molar-refractivity contribution in [2.45, 2.75) is 103 Å². The van der Waals surface area contributed by atoms with Gasteiger partial charge >= 0.3 is 11.9 Å². The summed E-state index contributed by atoms with van der Waals surface area (Å²) in [5, 5.41) is 12.2. The highest BCUT2D eigenvalue weighted by molar-refractivity contribution is 5.96. The quantitative estimate of drug-likeness (QED) is 0.0534. The molecule has 0 unspecified atom stereocenters. The van der Waals surface area contributed by atoms with Gasteiger partial charge in [0.2, 0.25) is 29.5 Å². The molecule has 5 atom stereocenters. The molecule has 0 bridgehead atoms. The Morgan fingerprint density at radius 2 is 0.900 bits per heavy atom. The van der Waals surface area contributed by atoms with Gasteiger partial charge in [-0.25, -0.2) is 9.59 Å². The SMILES string of the molecule is CC(=O)N[C@@H](CCCCN)C(=O)N[C@H](C)C(=O)N[C@H](C)C(=O)OC(=O)[C@@H](C)NC(=O)[C@H](CCCCN)NC(C)=O. The highest BCUT2D eigenvalue weighted by atomic mass is 16.6. The number of amides is 5. The van der Waals surface area contributed by atoms with E-state index in [9.17, 15) is 33.6 Å². The molecule has 0 spiro atoms. The maximum atomic E-state index is 12.6. The van der Waals surface area contributed by atoms with Crippen molar-refractivity contribution in [3.8, 4) is 0 Å². The van der Waals surface area contributed by atoms with Crippen LogP contribution in [0.3, 0.4) is 0 Å². The van der Waals surface area contributed by atoms with E-state index in [1.165, 1.54) is 34.6 Å². The van der Waals surface area contributed by atoms with Gasteiger partial charge in [0.25, 0.3) is 0 Å². The molecule has 0 saturated heterocycles. The Labute approximate surface area is 234 Å². The number of rotatable bonds is 18. The number of hydrogen-bond acceptors (Lipinski definition) is 10. The summed E-state index contributed by atoms with van der Waals surface area (Å²) in [7, 11) is 0. The second-order valence-corrected chi connectivity index (χ2v) is 9.51. The van der Waals surface area contributed by atoms with Crippen LogP contribution in [0.5, 0.6) is 0 Å². The predicted molar refractivity (Wildman–Crippen MR) is 145 cm³/mol. The lowest BCUT2D eigenvalue weighted by Gasteiger charge is -2.22. The van der Waals surface area contributed by atoms with E-state index in [0.29, 0.717) is 51.6 Å². The van der Waals surface area contributed by atoms with Gasteiger partial charge in [-0.05, 0) is 72.4 Å². The van der Waals surface area contributed by atoms with Crippen molar-refractivity contribution >= 4 is 41.5 Å². The molecule has 40 heavy (non-hydrogen) atoms. The molecule has 0 aromatic rings. The van der Waals surface area contributed by atoms with Crippen molar-refractivity contribution in [3.63, 3.8) is 0 Å². The zero-order valence-corrected chi connectivity index (χ0v) is 24.0. The number of ether oxygens (including phenoxy) is 1. The van der Waals surface area contributed by atoms with E-state index in [-0.39, 0.29) is 0 Å². The van der Waals surface area contributed by atoms with Crippen LogP contribution < -0.4 is 38.1 Å². The molecular formula is C25H45N7O8. The number of unbranched alkanes of at least 4 members (excludes halogenated alkanes) is 2. The van der Waals surface area contributed by atoms with E-state index in [0.717, 1.165) is 0 Å². The minimum absolute atomic E-state index is 0.306. The smallest absolute Gasteiger partial charge is 0.336 e. The van der Waals surface area contributed by atoms with Crippen LogP contribution in [0.2, 0.25) is 0 Å². The second-order valence-electron chi connectivity index (χ2n) is 9.51. The van der Waals surface area contributed by atoms with Crippen molar-refractivity contribution in [1.82, 2.24) is 26.6 Å². The van der Waals surface area contributed by atoms with Crippen molar-refractivity contribution in [1.29, 1.82) is 0 Å². The topological polar surface area (TPSA) is 241 Å². The summed E-state index contributed by atoms with van der Waals surface area (Å²) < 4.78 is 4.78. The molecule has 0 aliphatic rings. The van der Waals surface area contributed by atoms with E-state index in [1.54, 1.807) is 0 Å². The Bertz CT molecular complexity index is 898. The minimum atomic E-state index is -1.27. The van der Waals surface area contributed by atoms with Gasteiger partial charge in [0.05, 0.1) is 0 Å². The van der Waals surface area contributed by atoms with Crippen LogP contribution in [0.25, 0.3) is 0 Å². The summed E-state index contributed by atoms with van der Waals surface area (Å²) in [6.45, 7) is 7.35. The fraction of sp³-hybridized carbons (Fsp3) is 0.720. The number of nitrogens with one attached hydrogen (secondary N) is 5. The molecular weight excluding hydrogens is 526 g/mol. The summed E-state index contributed by atoms with van der Waals surface area (Å²) >= 11 is 0. The highest BCUT2D eigenvalue weighted by Crippen LogP contribution is 2.04. The van der Waals surface area contributed by atoms with Crippen LogP contribution in [-0.4, -0.2) is 84.8 Å². The summed E-state index contributed by atoms with van der Waals surface area (Å²) in [6, 6.07) is -5.32. The van der Waals surface area contributed by atoms with Crippen LogP contribution in [0.4, 0.5) is 0 Å². The van der Waals surface area contributed by atoms with Crippen LogP contribution in [-0.2, 0) is 38.3 Å². The second kappa shape index (κ2) is 19.5. The predicted octanol–water partition coefficient (Wildman–Crippen LogP) is -2.16. The molecule has 5 amide bonds. The Morgan fingerprint density at radius 3 is 1.25 bits per heavy atom. The lowest BCUT2D eigenvalue weighted by Crippen LogP contribution is -2.54. The Morgan fingerprint density at radius 1 is 0.550 bits per heavy atom. The average Bonchev–Trinajstić information content (AvgIpc) is 2.86. The third kappa shape index (κ3) is 15.1. The van der Waals surface area contributed by atoms with Crippen LogP contribution in [0.1, 0.15) is 73.1 Å². The first kappa shape index (κ1) is 36.4. The Kier molecular flexibility index (Phi) is 17.7. The molecule has 0 aromatic carbocycles. The van der Waals surface area contributed by atoms with E-state index in [2.05, 4.69) is 26.6 Å². The normalized spacial score (nSPS) is 14.4. The first-order chi connectivity index (χ1) is 18.7. The van der Waals surface area contributed by atoms with Crippen LogP contribution >= 0.6 is 0 Å². The van der Waals surface area contributed by atoms with Gasteiger partial charge in [-0.2, -0.15) is 0 Å². The third-order valence-corrected chi connectivity index (χ3v) is 5.66. The van der Waals surface area contributed by atoms with Crippen molar-refractivity contribution in [2.24, 2.45) is 11.5 Å². The fourth-order valence-electron chi connectivity index (χ4n) is 3.44. The first-order valence-corrected chi connectivity index (χ1v) is 13.3. The molecule has 0 fully saturated rings. The summed E-state index contributed by atoms with van der Waals surface area (Å²) in [6.07, 6.45) is 3.10. The molecule has 0 aliphatic carbocycles. The molecule has 228 valence electrons. The van der Waals surface area contributed by atoms with Crippen molar-refractivity contribution in [2.75, 3.05) is 13.1 Å². The van der Waals surface area contributed by atoms with Crippen LogP contribution in [0.15, 0.2) is 0 Å². The largest absolute Gasteiger partial charge is 0.390 e. The Balaban J connectivity index is 4.91. The summed E-state index contributed by atoms with van der Waals surface area (Å²) in [4.78, 5) is 85.2. The van der Waals surface area contributed by atoms with E-state index < -0.39 is 71.7 Å². The average molecular weight is 572 g/mol. The van der Waals surface area contributed by atoms with Gasteiger partial charge in [-0.3, -0.25) is 24.0 Å². The lowest BCUT2D eigenvalue weighted by atomic mass is 10.1. The molecule has 15 heteroatoms. The lowest BCUT2D eigenvalue weighted by molar-refractivity contribution is -0.163. The molecule has 0 heterocycles.